The van der Waals surface area contributed by atoms with Crippen LogP contribution in [-0.2, 0) is 0 Å². The van der Waals surface area contributed by atoms with Gasteiger partial charge in [-0.1, -0.05) is 65.2 Å². The summed E-state index contributed by atoms with van der Waals surface area (Å²) in [5, 5.41) is 19.4. The molecule has 0 aliphatic heterocycles. The van der Waals surface area contributed by atoms with Gasteiger partial charge in [-0.3, -0.25) is 0 Å². The van der Waals surface area contributed by atoms with E-state index in [0.717, 1.165) is 51.4 Å². The van der Waals surface area contributed by atoms with E-state index in [0.29, 0.717) is 0 Å². The number of hydrogen-bond donors (Lipinski definition) is 2. The Hall–Kier alpha value is -0.0800. The van der Waals surface area contributed by atoms with Crippen molar-refractivity contribution in [1.29, 1.82) is 0 Å². The topological polar surface area (TPSA) is 40.5 Å². The van der Waals surface area contributed by atoms with E-state index in [1.807, 2.05) is 0 Å². The maximum atomic E-state index is 9.79. The van der Waals surface area contributed by atoms with Crippen LogP contribution < -0.4 is 0 Å². The second-order valence-corrected chi connectivity index (χ2v) is 5.58. The molecule has 0 fully saturated rings. The zero-order chi connectivity index (χ0) is 13.6. The van der Waals surface area contributed by atoms with Crippen molar-refractivity contribution in [1.82, 2.24) is 0 Å². The third-order valence-corrected chi connectivity index (χ3v) is 3.59. The molecule has 110 valence electrons. The summed E-state index contributed by atoms with van der Waals surface area (Å²) in [5.41, 5.74) is 0. The first kappa shape index (κ1) is 17.9. The van der Waals surface area contributed by atoms with Crippen molar-refractivity contribution in [2.45, 2.75) is 103 Å². The number of unbranched alkanes of at least 4 members (excludes halogenated alkanes) is 5. The highest BCUT2D eigenvalue weighted by Crippen LogP contribution is 2.13. The Morgan fingerprint density at radius 1 is 0.556 bits per heavy atom. The van der Waals surface area contributed by atoms with E-state index in [4.69, 9.17) is 0 Å². The summed E-state index contributed by atoms with van der Waals surface area (Å²) >= 11 is 0. The smallest absolute Gasteiger partial charge is 0.0540 e. The van der Waals surface area contributed by atoms with E-state index < -0.39 is 0 Å². The van der Waals surface area contributed by atoms with Crippen molar-refractivity contribution in [2.24, 2.45) is 0 Å². The van der Waals surface area contributed by atoms with Crippen LogP contribution >= 0.6 is 0 Å². The molecule has 0 radical (unpaired) electrons. The van der Waals surface area contributed by atoms with Gasteiger partial charge in [-0.15, -0.1) is 0 Å². The Labute approximate surface area is 114 Å². The van der Waals surface area contributed by atoms with E-state index in [1.54, 1.807) is 0 Å². The van der Waals surface area contributed by atoms with Gasteiger partial charge in [0.05, 0.1) is 12.2 Å². The molecule has 2 N–H and O–H groups in total. The molecular weight excluding hydrogens is 224 g/mol. The van der Waals surface area contributed by atoms with Gasteiger partial charge in [-0.25, -0.2) is 0 Å². The normalized spacial score (nSPS) is 14.7. The lowest BCUT2D eigenvalue weighted by Gasteiger charge is -2.11. The van der Waals surface area contributed by atoms with Gasteiger partial charge in [0.25, 0.3) is 0 Å². The molecule has 0 aliphatic carbocycles. The molecule has 2 unspecified atom stereocenters. The first-order valence-electron chi connectivity index (χ1n) is 8.06. The predicted molar refractivity (Wildman–Crippen MR) is 78.8 cm³/mol. The average Bonchev–Trinajstić information content (AvgIpc) is 2.34. The van der Waals surface area contributed by atoms with Crippen LogP contribution in [0.5, 0.6) is 0 Å². The van der Waals surface area contributed by atoms with Gasteiger partial charge in [0.1, 0.15) is 0 Å². The van der Waals surface area contributed by atoms with Crippen LogP contribution in [0.4, 0.5) is 0 Å². The number of aliphatic hydroxyl groups excluding tert-OH is 2. The molecule has 18 heavy (non-hydrogen) atoms. The Morgan fingerprint density at radius 2 is 1.00 bits per heavy atom. The summed E-state index contributed by atoms with van der Waals surface area (Å²) in [7, 11) is 0. The Morgan fingerprint density at radius 3 is 1.44 bits per heavy atom. The first-order valence-corrected chi connectivity index (χ1v) is 8.06. The van der Waals surface area contributed by atoms with Gasteiger partial charge in [-0.05, 0) is 25.7 Å². The molecule has 2 heteroatoms. The minimum atomic E-state index is -0.103. The van der Waals surface area contributed by atoms with Crippen molar-refractivity contribution in [2.75, 3.05) is 0 Å². The lowest BCUT2D eigenvalue weighted by molar-refractivity contribution is 0.140. The third kappa shape index (κ3) is 12.4. The largest absolute Gasteiger partial charge is 0.393 e. The molecule has 0 saturated carbocycles. The van der Waals surface area contributed by atoms with Crippen molar-refractivity contribution in [3.05, 3.63) is 0 Å². The average molecular weight is 258 g/mol. The molecule has 0 rings (SSSR count). The van der Waals surface area contributed by atoms with Crippen LogP contribution in [0.1, 0.15) is 90.9 Å². The van der Waals surface area contributed by atoms with Crippen molar-refractivity contribution in [3.8, 4) is 0 Å². The molecule has 2 atom stereocenters. The fourth-order valence-electron chi connectivity index (χ4n) is 2.37. The number of rotatable bonds is 13. The SMILES string of the molecule is CCCCCCC(O)CCCCCC(O)CCC. The summed E-state index contributed by atoms with van der Waals surface area (Å²) in [6.45, 7) is 4.32. The molecule has 0 saturated heterocycles. The van der Waals surface area contributed by atoms with E-state index in [9.17, 15) is 10.2 Å². The van der Waals surface area contributed by atoms with Crippen LogP contribution in [0.25, 0.3) is 0 Å². The van der Waals surface area contributed by atoms with Crippen LogP contribution in [0.2, 0.25) is 0 Å². The zero-order valence-corrected chi connectivity index (χ0v) is 12.5. The van der Waals surface area contributed by atoms with Gasteiger partial charge in [0, 0.05) is 0 Å². The molecule has 0 amide bonds. The van der Waals surface area contributed by atoms with Crippen molar-refractivity contribution >= 4 is 0 Å². The van der Waals surface area contributed by atoms with Gasteiger partial charge < -0.3 is 10.2 Å². The molecule has 0 aromatic rings. The monoisotopic (exact) mass is 258 g/mol. The highest BCUT2D eigenvalue weighted by molar-refractivity contribution is 4.59. The minimum absolute atomic E-state index is 0.0950. The standard InChI is InChI=1S/C16H34O2/c1-3-5-6-8-13-16(18)14-10-7-9-12-15(17)11-4-2/h15-18H,3-14H2,1-2H3. The summed E-state index contributed by atoms with van der Waals surface area (Å²) in [6.07, 6.45) is 13.0. The summed E-state index contributed by atoms with van der Waals surface area (Å²) < 4.78 is 0. The molecule has 0 aromatic heterocycles. The van der Waals surface area contributed by atoms with E-state index in [2.05, 4.69) is 13.8 Å². The van der Waals surface area contributed by atoms with Crippen LogP contribution in [-0.4, -0.2) is 22.4 Å². The van der Waals surface area contributed by atoms with Gasteiger partial charge in [-0.2, -0.15) is 0 Å². The third-order valence-electron chi connectivity index (χ3n) is 3.59. The quantitative estimate of drug-likeness (QED) is 0.480. The number of hydrogen-bond acceptors (Lipinski definition) is 2. The molecule has 0 aromatic carbocycles. The van der Waals surface area contributed by atoms with Gasteiger partial charge >= 0.3 is 0 Å². The summed E-state index contributed by atoms with van der Waals surface area (Å²) in [4.78, 5) is 0. The molecule has 0 aliphatic rings. The van der Waals surface area contributed by atoms with Gasteiger partial charge in [0.2, 0.25) is 0 Å². The molecule has 0 bridgehead atoms. The fraction of sp³-hybridized carbons (Fsp3) is 1.00. The van der Waals surface area contributed by atoms with E-state index in [-0.39, 0.29) is 12.2 Å². The zero-order valence-electron chi connectivity index (χ0n) is 12.5. The Balaban J connectivity index is 3.22. The van der Waals surface area contributed by atoms with Crippen LogP contribution in [0, 0.1) is 0 Å². The molecular formula is C16H34O2. The summed E-state index contributed by atoms with van der Waals surface area (Å²) in [5.74, 6) is 0. The lowest BCUT2D eigenvalue weighted by Crippen LogP contribution is -2.07. The second-order valence-electron chi connectivity index (χ2n) is 5.58. The lowest BCUT2D eigenvalue weighted by atomic mass is 10.0. The Bertz CT molecular complexity index is 159. The van der Waals surface area contributed by atoms with Crippen LogP contribution in [0.15, 0.2) is 0 Å². The minimum Gasteiger partial charge on any atom is -0.393 e. The highest BCUT2D eigenvalue weighted by atomic mass is 16.3. The first-order chi connectivity index (χ1) is 8.70. The second kappa shape index (κ2) is 13.4. The van der Waals surface area contributed by atoms with Crippen LogP contribution in [0.3, 0.4) is 0 Å². The molecule has 0 spiro atoms. The fourth-order valence-corrected chi connectivity index (χ4v) is 2.37. The maximum absolute atomic E-state index is 9.79. The predicted octanol–water partition coefficient (Wildman–Crippen LogP) is 4.43. The molecule has 0 heterocycles. The summed E-state index contributed by atoms with van der Waals surface area (Å²) in [6, 6.07) is 0. The van der Waals surface area contributed by atoms with E-state index >= 15 is 0 Å². The maximum Gasteiger partial charge on any atom is 0.0540 e. The number of aliphatic hydroxyl groups is 2. The Kier molecular flexibility index (Phi) is 13.3. The van der Waals surface area contributed by atoms with E-state index in [1.165, 1.54) is 25.7 Å². The highest BCUT2D eigenvalue weighted by Gasteiger charge is 2.05. The van der Waals surface area contributed by atoms with Gasteiger partial charge in [0.15, 0.2) is 0 Å². The molecule has 2 nitrogen and oxygen atoms in total. The van der Waals surface area contributed by atoms with Crippen molar-refractivity contribution < 1.29 is 10.2 Å². The van der Waals surface area contributed by atoms with Crippen molar-refractivity contribution in [3.63, 3.8) is 0 Å².